The van der Waals surface area contributed by atoms with Gasteiger partial charge in [0.25, 0.3) is 0 Å². The topological polar surface area (TPSA) is 0 Å². The monoisotopic (exact) mass is 308 g/mol. The van der Waals surface area contributed by atoms with Crippen LogP contribution in [0, 0.1) is 11.3 Å². The molecule has 17 heavy (non-hydrogen) atoms. The van der Waals surface area contributed by atoms with Crippen molar-refractivity contribution in [2.75, 3.05) is 11.5 Å². The molecule has 1 rings (SSSR count). The maximum absolute atomic E-state index is 5.99. The van der Waals surface area contributed by atoms with Crippen LogP contribution in [0.3, 0.4) is 0 Å². The molecule has 0 aliphatic rings. The molecule has 0 fully saturated rings. The number of halogens is 2. The van der Waals surface area contributed by atoms with Gasteiger partial charge in [0.2, 0.25) is 0 Å². The van der Waals surface area contributed by atoms with Crippen molar-refractivity contribution in [3.8, 4) is 0 Å². The first kappa shape index (κ1) is 15.6. The molecule has 0 aliphatic heterocycles. The van der Waals surface area contributed by atoms with Crippen LogP contribution in [-0.2, 0) is 0 Å². The van der Waals surface area contributed by atoms with Gasteiger partial charge in [-0.3, -0.25) is 0 Å². The second-order valence-electron chi connectivity index (χ2n) is 5.13. The van der Waals surface area contributed by atoms with Crippen molar-refractivity contribution in [2.45, 2.75) is 25.7 Å². The lowest BCUT2D eigenvalue weighted by Gasteiger charge is -2.29. The van der Waals surface area contributed by atoms with Crippen molar-refractivity contribution >= 4 is 47.6 Å². The molecule has 4 heteroatoms. The molecule has 0 bridgehead atoms. The van der Waals surface area contributed by atoms with E-state index in [-0.39, 0.29) is 5.41 Å². The highest BCUT2D eigenvalue weighted by atomic mass is 35.5. The fraction of sp³-hybridized carbons (Fsp3) is 0.538. The second kappa shape index (κ2) is 6.60. The van der Waals surface area contributed by atoms with Crippen LogP contribution in [0.25, 0.3) is 0 Å². The van der Waals surface area contributed by atoms with Gasteiger partial charge in [-0.25, -0.2) is 0 Å². The van der Waals surface area contributed by atoms with Gasteiger partial charge in [0.05, 0.1) is 10.0 Å². The third-order valence-corrected chi connectivity index (χ3v) is 5.12. The summed E-state index contributed by atoms with van der Waals surface area (Å²) in [6, 6.07) is 5.78. The van der Waals surface area contributed by atoms with Gasteiger partial charge in [0.15, 0.2) is 0 Å². The van der Waals surface area contributed by atoms with E-state index in [2.05, 4.69) is 33.4 Å². The molecule has 1 aromatic carbocycles. The number of hydrogen-bond acceptors (Lipinski definition) is 2. The van der Waals surface area contributed by atoms with Crippen LogP contribution in [0.1, 0.15) is 20.8 Å². The second-order valence-corrected chi connectivity index (χ2v) is 7.41. The van der Waals surface area contributed by atoms with Gasteiger partial charge in [-0.1, -0.05) is 44.0 Å². The molecular weight excluding hydrogens is 291 g/mol. The van der Waals surface area contributed by atoms with E-state index in [1.165, 1.54) is 0 Å². The van der Waals surface area contributed by atoms with Gasteiger partial charge >= 0.3 is 0 Å². The maximum Gasteiger partial charge on any atom is 0.0603 e. The molecule has 0 radical (unpaired) electrons. The Morgan fingerprint density at radius 1 is 1.24 bits per heavy atom. The average molecular weight is 309 g/mol. The summed E-state index contributed by atoms with van der Waals surface area (Å²) in [5, 5.41) is 1.23. The predicted octanol–water partition coefficient (Wildman–Crippen LogP) is 5.68. The van der Waals surface area contributed by atoms with Gasteiger partial charge < -0.3 is 0 Å². The minimum atomic E-state index is 0.283. The Morgan fingerprint density at radius 3 is 2.35 bits per heavy atom. The molecule has 0 aliphatic carbocycles. The summed E-state index contributed by atoms with van der Waals surface area (Å²) in [7, 11) is 0. The van der Waals surface area contributed by atoms with E-state index in [0.717, 1.165) is 16.4 Å². The Bertz CT molecular complexity index is 372. The largest absolute Gasteiger partial charge is 0.179 e. The van der Waals surface area contributed by atoms with E-state index in [1.807, 2.05) is 30.0 Å². The molecule has 0 heterocycles. The van der Waals surface area contributed by atoms with Crippen LogP contribution in [0.4, 0.5) is 0 Å². The van der Waals surface area contributed by atoms with Crippen molar-refractivity contribution < 1.29 is 0 Å². The molecule has 0 spiro atoms. The Labute approximate surface area is 124 Å². The first-order valence-corrected chi connectivity index (χ1v) is 7.90. The zero-order valence-electron chi connectivity index (χ0n) is 10.3. The van der Waals surface area contributed by atoms with Crippen LogP contribution >= 0.6 is 47.6 Å². The van der Waals surface area contributed by atoms with Crippen molar-refractivity contribution in [2.24, 2.45) is 11.3 Å². The molecule has 96 valence electrons. The normalized spacial score (nSPS) is 13.8. The fourth-order valence-electron chi connectivity index (χ4n) is 1.34. The van der Waals surface area contributed by atoms with E-state index < -0.39 is 0 Å². The van der Waals surface area contributed by atoms with Crippen molar-refractivity contribution in [3.05, 3.63) is 28.2 Å². The number of benzene rings is 1. The summed E-state index contributed by atoms with van der Waals surface area (Å²) in [4.78, 5) is 1.16. The molecule has 1 atom stereocenters. The Hall–Kier alpha value is 0.500. The van der Waals surface area contributed by atoms with Crippen molar-refractivity contribution in [1.29, 1.82) is 0 Å². The predicted molar refractivity (Wildman–Crippen MR) is 84.0 cm³/mol. The first-order valence-electron chi connectivity index (χ1n) is 5.53. The fourth-order valence-corrected chi connectivity index (χ4v) is 3.93. The van der Waals surface area contributed by atoms with E-state index in [4.69, 9.17) is 23.2 Å². The van der Waals surface area contributed by atoms with Crippen LogP contribution in [-0.4, -0.2) is 11.5 Å². The van der Waals surface area contributed by atoms with Crippen molar-refractivity contribution in [1.82, 2.24) is 0 Å². The lowest BCUT2D eigenvalue weighted by molar-refractivity contribution is 0.294. The zero-order valence-corrected chi connectivity index (χ0v) is 13.6. The molecule has 0 amide bonds. The Balaban J connectivity index is 2.63. The van der Waals surface area contributed by atoms with Gasteiger partial charge in [0.1, 0.15) is 0 Å². The standard InChI is InChI=1S/C13H18Cl2S2/c1-13(2,3)9(7-16)8-17-10-4-5-11(14)12(15)6-10/h4-6,9,16H,7-8H2,1-3H3. The lowest BCUT2D eigenvalue weighted by Crippen LogP contribution is -2.24. The van der Waals surface area contributed by atoms with Gasteiger partial charge in [-0.05, 0) is 35.3 Å². The third-order valence-electron chi connectivity index (χ3n) is 2.79. The smallest absolute Gasteiger partial charge is 0.0603 e. The minimum absolute atomic E-state index is 0.283. The number of rotatable bonds is 4. The van der Waals surface area contributed by atoms with Gasteiger partial charge in [-0.15, -0.1) is 11.8 Å². The first-order chi connectivity index (χ1) is 7.84. The molecule has 0 saturated carbocycles. The average Bonchev–Trinajstić information content (AvgIpc) is 2.22. The van der Waals surface area contributed by atoms with Gasteiger partial charge in [-0.2, -0.15) is 12.6 Å². The van der Waals surface area contributed by atoms with E-state index in [1.54, 1.807) is 0 Å². The van der Waals surface area contributed by atoms with Crippen LogP contribution in [0.2, 0.25) is 10.0 Å². The van der Waals surface area contributed by atoms with Crippen LogP contribution in [0.15, 0.2) is 23.1 Å². The van der Waals surface area contributed by atoms with Gasteiger partial charge in [0, 0.05) is 10.6 Å². The van der Waals surface area contributed by atoms with Crippen molar-refractivity contribution in [3.63, 3.8) is 0 Å². The molecule has 0 saturated heterocycles. The summed E-state index contributed by atoms with van der Waals surface area (Å²) < 4.78 is 0. The molecule has 0 N–H and O–H groups in total. The summed E-state index contributed by atoms with van der Waals surface area (Å²) in [5.41, 5.74) is 0.283. The highest BCUT2D eigenvalue weighted by Gasteiger charge is 2.23. The lowest BCUT2D eigenvalue weighted by atomic mass is 9.83. The number of thiol groups is 1. The maximum atomic E-state index is 5.99. The summed E-state index contributed by atoms with van der Waals surface area (Å²) in [5.74, 6) is 2.52. The summed E-state index contributed by atoms with van der Waals surface area (Å²) in [6.07, 6.45) is 0. The Morgan fingerprint density at radius 2 is 1.88 bits per heavy atom. The number of hydrogen-bond donors (Lipinski definition) is 1. The van der Waals surface area contributed by atoms with E-state index in [0.29, 0.717) is 16.0 Å². The van der Waals surface area contributed by atoms with E-state index in [9.17, 15) is 0 Å². The summed E-state index contributed by atoms with van der Waals surface area (Å²) >= 11 is 18.1. The SMILES string of the molecule is CC(C)(C)C(CS)CSc1ccc(Cl)c(Cl)c1. The molecule has 0 aromatic heterocycles. The molecular formula is C13H18Cl2S2. The highest BCUT2D eigenvalue weighted by Crippen LogP contribution is 2.34. The van der Waals surface area contributed by atoms with E-state index >= 15 is 0 Å². The quantitative estimate of drug-likeness (QED) is 0.551. The highest BCUT2D eigenvalue weighted by molar-refractivity contribution is 7.99. The van der Waals surface area contributed by atoms with Crippen LogP contribution in [0.5, 0.6) is 0 Å². The third kappa shape index (κ3) is 4.94. The molecule has 0 nitrogen and oxygen atoms in total. The molecule has 1 aromatic rings. The number of thioether (sulfide) groups is 1. The van der Waals surface area contributed by atoms with Crippen LogP contribution < -0.4 is 0 Å². The summed E-state index contributed by atoms with van der Waals surface area (Å²) in [6.45, 7) is 6.76. The Kier molecular flexibility index (Phi) is 6.04. The zero-order chi connectivity index (χ0) is 13.1. The minimum Gasteiger partial charge on any atom is -0.179 e. The molecule has 1 unspecified atom stereocenters.